The summed E-state index contributed by atoms with van der Waals surface area (Å²) < 4.78 is 27.5. The Morgan fingerprint density at radius 1 is 1.10 bits per heavy atom. The molecule has 2 aliphatic rings. The van der Waals surface area contributed by atoms with Gasteiger partial charge in [0.15, 0.2) is 0 Å². The number of nitrogens with two attached hydrogens (primary N) is 1. The first-order valence-corrected chi connectivity index (χ1v) is 7.64. The fraction of sp³-hybridized carbons (Fsp3) is 0.625. The summed E-state index contributed by atoms with van der Waals surface area (Å²) >= 11 is 0. The maximum absolute atomic E-state index is 14.1. The molecule has 0 spiro atoms. The number of benzene rings is 1. The second-order valence-electron chi connectivity index (χ2n) is 6.03. The van der Waals surface area contributed by atoms with Crippen LogP contribution in [0.1, 0.15) is 55.7 Å². The van der Waals surface area contributed by atoms with Gasteiger partial charge in [0, 0.05) is 30.8 Å². The van der Waals surface area contributed by atoms with Gasteiger partial charge in [0.25, 0.3) is 0 Å². The third-order valence-electron chi connectivity index (χ3n) is 4.78. The Kier molecular flexibility index (Phi) is 4.03. The first-order chi connectivity index (χ1) is 9.70. The van der Waals surface area contributed by atoms with Crippen LogP contribution in [0.25, 0.3) is 0 Å². The van der Waals surface area contributed by atoms with Gasteiger partial charge in [0.1, 0.15) is 11.6 Å². The van der Waals surface area contributed by atoms with Crippen LogP contribution in [0.15, 0.2) is 12.1 Å². The summed E-state index contributed by atoms with van der Waals surface area (Å²) in [6.07, 6.45) is 7.32. The molecule has 1 atom stereocenters. The highest BCUT2D eigenvalue weighted by Crippen LogP contribution is 2.39. The summed E-state index contributed by atoms with van der Waals surface area (Å²) in [5, 5.41) is 0. The zero-order valence-electron chi connectivity index (χ0n) is 11.7. The Morgan fingerprint density at radius 3 is 2.45 bits per heavy atom. The molecular weight excluding hydrogens is 258 g/mol. The lowest BCUT2D eigenvalue weighted by Gasteiger charge is -2.32. The second-order valence-corrected chi connectivity index (χ2v) is 6.03. The van der Waals surface area contributed by atoms with E-state index in [4.69, 9.17) is 5.73 Å². The van der Waals surface area contributed by atoms with E-state index >= 15 is 0 Å². The largest absolute Gasteiger partial charge is 0.329 e. The average molecular weight is 280 g/mol. The van der Waals surface area contributed by atoms with Gasteiger partial charge in [-0.3, -0.25) is 4.90 Å². The predicted molar refractivity (Wildman–Crippen MR) is 75.2 cm³/mol. The van der Waals surface area contributed by atoms with E-state index < -0.39 is 11.6 Å². The molecule has 0 saturated heterocycles. The van der Waals surface area contributed by atoms with Crippen LogP contribution in [0, 0.1) is 11.6 Å². The Hall–Kier alpha value is -1.00. The lowest BCUT2D eigenvalue weighted by atomic mass is 10.0. The van der Waals surface area contributed by atoms with Gasteiger partial charge in [0.05, 0.1) is 6.04 Å². The van der Waals surface area contributed by atoms with Crippen LogP contribution < -0.4 is 5.73 Å². The van der Waals surface area contributed by atoms with E-state index in [9.17, 15) is 8.78 Å². The molecule has 4 heteroatoms. The van der Waals surface area contributed by atoms with E-state index in [0.29, 0.717) is 24.7 Å². The SMILES string of the molecule is NCC1c2c(F)cc(F)cc2CN1C1CCCCCC1. The first kappa shape index (κ1) is 14.0. The van der Waals surface area contributed by atoms with Crippen molar-refractivity contribution in [2.45, 2.75) is 57.2 Å². The van der Waals surface area contributed by atoms with Crippen molar-refractivity contribution in [2.24, 2.45) is 5.73 Å². The van der Waals surface area contributed by atoms with E-state index in [1.807, 2.05) is 0 Å². The minimum absolute atomic E-state index is 0.0892. The number of hydrogen-bond donors (Lipinski definition) is 1. The molecule has 0 amide bonds. The van der Waals surface area contributed by atoms with Crippen molar-refractivity contribution in [3.05, 3.63) is 34.9 Å². The van der Waals surface area contributed by atoms with E-state index in [0.717, 1.165) is 24.5 Å². The Morgan fingerprint density at radius 2 is 1.80 bits per heavy atom. The van der Waals surface area contributed by atoms with Crippen LogP contribution in [-0.4, -0.2) is 17.5 Å². The van der Waals surface area contributed by atoms with E-state index in [2.05, 4.69) is 4.90 Å². The van der Waals surface area contributed by atoms with Crippen LogP contribution >= 0.6 is 0 Å². The summed E-state index contributed by atoms with van der Waals surface area (Å²) in [7, 11) is 0. The summed E-state index contributed by atoms with van der Waals surface area (Å²) in [6, 6.07) is 2.82. The minimum Gasteiger partial charge on any atom is -0.329 e. The van der Waals surface area contributed by atoms with Gasteiger partial charge in [-0.25, -0.2) is 8.78 Å². The normalized spacial score (nSPS) is 24.6. The molecule has 1 aromatic carbocycles. The monoisotopic (exact) mass is 280 g/mol. The van der Waals surface area contributed by atoms with Crippen molar-refractivity contribution in [3.8, 4) is 0 Å². The number of rotatable bonds is 2. The smallest absolute Gasteiger partial charge is 0.131 e. The van der Waals surface area contributed by atoms with Gasteiger partial charge in [-0.2, -0.15) is 0 Å². The van der Waals surface area contributed by atoms with Gasteiger partial charge < -0.3 is 5.73 Å². The molecule has 2 N–H and O–H groups in total. The summed E-state index contributed by atoms with van der Waals surface area (Å²) in [5.74, 6) is -0.925. The molecule has 110 valence electrons. The van der Waals surface area contributed by atoms with Gasteiger partial charge in [0.2, 0.25) is 0 Å². The molecule has 1 unspecified atom stereocenters. The summed E-state index contributed by atoms with van der Waals surface area (Å²) in [5.41, 5.74) is 7.29. The summed E-state index contributed by atoms with van der Waals surface area (Å²) in [4.78, 5) is 2.30. The summed E-state index contributed by atoms with van der Waals surface area (Å²) in [6.45, 7) is 1.03. The maximum atomic E-state index is 14.1. The lowest BCUT2D eigenvalue weighted by molar-refractivity contribution is 0.134. The van der Waals surface area contributed by atoms with E-state index in [1.165, 1.54) is 31.7 Å². The fourth-order valence-electron chi connectivity index (χ4n) is 3.84. The van der Waals surface area contributed by atoms with Crippen molar-refractivity contribution in [3.63, 3.8) is 0 Å². The highest BCUT2D eigenvalue weighted by Gasteiger charge is 2.36. The van der Waals surface area contributed by atoms with Crippen molar-refractivity contribution < 1.29 is 8.78 Å². The topological polar surface area (TPSA) is 29.3 Å². The van der Waals surface area contributed by atoms with Crippen LogP contribution in [0.3, 0.4) is 0 Å². The third-order valence-corrected chi connectivity index (χ3v) is 4.78. The molecule has 1 aliphatic carbocycles. The fourth-order valence-corrected chi connectivity index (χ4v) is 3.84. The zero-order valence-corrected chi connectivity index (χ0v) is 11.7. The Bertz CT molecular complexity index is 482. The van der Waals surface area contributed by atoms with Crippen LogP contribution in [0.4, 0.5) is 8.78 Å². The second kappa shape index (κ2) is 5.78. The zero-order chi connectivity index (χ0) is 14.1. The quantitative estimate of drug-likeness (QED) is 0.840. The first-order valence-electron chi connectivity index (χ1n) is 7.64. The van der Waals surface area contributed by atoms with E-state index in [-0.39, 0.29) is 6.04 Å². The molecule has 20 heavy (non-hydrogen) atoms. The predicted octanol–water partition coefficient (Wildman–Crippen LogP) is 3.50. The molecule has 0 radical (unpaired) electrons. The molecule has 0 bridgehead atoms. The molecule has 1 saturated carbocycles. The Labute approximate surface area is 118 Å². The molecule has 0 aromatic heterocycles. The van der Waals surface area contributed by atoms with Crippen molar-refractivity contribution >= 4 is 0 Å². The van der Waals surface area contributed by atoms with Gasteiger partial charge in [-0.05, 0) is 24.5 Å². The standard InChI is InChI=1S/C16H22F2N2/c17-12-7-11-10-20(13-5-3-1-2-4-6-13)15(9-19)16(11)14(18)8-12/h7-8,13,15H,1-6,9-10,19H2. The number of halogens is 2. The number of nitrogens with zero attached hydrogens (tertiary/aromatic N) is 1. The van der Waals surface area contributed by atoms with Crippen molar-refractivity contribution in [2.75, 3.05) is 6.54 Å². The van der Waals surface area contributed by atoms with Crippen LogP contribution in [0.2, 0.25) is 0 Å². The van der Waals surface area contributed by atoms with Crippen molar-refractivity contribution in [1.29, 1.82) is 0 Å². The molecule has 2 nitrogen and oxygen atoms in total. The highest BCUT2D eigenvalue weighted by molar-refractivity contribution is 5.36. The van der Waals surface area contributed by atoms with Crippen molar-refractivity contribution in [1.82, 2.24) is 4.90 Å². The van der Waals surface area contributed by atoms with E-state index in [1.54, 1.807) is 0 Å². The average Bonchev–Trinajstić information content (AvgIpc) is 2.60. The van der Waals surface area contributed by atoms with Crippen LogP contribution in [0.5, 0.6) is 0 Å². The molecule has 3 rings (SSSR count). The molecular formula is C16H22F2N2. The van der Waals surface area contributed by atoms with Crippen LogP contribution in [-0.2, 0) is 6.54 Å². The molecule has 1 aliphatic heterocycles. The third kappa shape index (κ3) is 2.47. The van der Waals surface area contributed by atoms with Gasteiger partial charge >= 0.3 is 0 Å². The molecule has 1 heterocycles. The number of hydrogen-bond acceptors (Lipinski definition) is 2. The molecule has 1 fully saturated rings. The highest BCUT2D eigenvalue weighted by atomic mass is 19.1. The number of fused-ring (bicyclic) bond motifs is 1. The van der Waals surface area contributed by atoms with Gasteiger partial charge in [-0.15, -0.1) is 0 Å². The lowest BCUT2D eigenvalue weighted by Crippen LogP contribution is -2.37. The Balaban J connectivity index is 1.89. The molecule has 1 aromatic rings. The minimum atomic E-state index is -0.486. The maximum Gasteiger partial charge on any atom is 0.131 e. The van der Waals surface area contributed by atoms with Gasteiger partial charge in [-0.1, -0.05) is 25.7 Å².